The molecule has 6 nitrogen and oxygen atoms in total. The molecule has 0 radical (unpaired) electrons. The number of aliphatic hydroxyl groups excluding tert-OH is 2. The molecule has 0 amide bonds. The van der Waals surface area contributed by atoms with Crippen molar-refractivity contribution < 1.29 is 29.6 Å². The molecule has 4 rings (SSSR count). The van der Waals surface area contributed by atoms with Crippen LogP contribution in [-0.2, 0) is 14.3 Å². The van der Waals surface area contributed by atoms with Gasteiger partial charge in [0.15, 0.2) is 5.78 Å². The van der Waals surface area contributed by atoms with E-state index in [1.54, 1.807) is 6.92 Å². The molecule has 0 aromatic rings. The van der Waals surface area contributed by atoms with Crippen molar-refractivity contribution in [3.8, 4) is 0 Å². The van der Waals surface area contributed by atoms with Crippen molar-refractivity contribution in [2.45, 2.75) is 77.6 Å². The molecule has 4 saturated carbocycles. The van der Waals surface area contributed by atoms with Gasteiger partial charge in [-0.05, 0) is 49.5 Å². The first-order valence-electron chi connectivity index (χ1n) is 10.8. The Morgan fingerprint density at radius 1 is 1.24 bits per heavy atom. The quantitative estimate of drug-likeness (QED) is 0.479. The van der Waals surface area contributed by atoms with Crippen LogP contribution in [-0.4, -0.2) is 51.5 Å². The molecule has 29 heavy (non-hydrogen) atoms. The van der Waals surface area contributed by atoms with Crippen molar-refractivity contribution in [1.82, 2.24) is 0 Å². The number of ketones is 1. The van der Waals surface area contributed by atoms with Gasteiger partial charge < -0.3 is 20.1 Å². The third-order valence-corrected chi connectivity index (χ3v) is 9.09. The van der Waals surface area contributed by atoms with Gasteiger partial charge in [0, 0.05) is 24.2 Å². The van der Waals surface area contributed by atoms with Crippen LogP contribution in [0.4, 0.5) is 0 Å². The summed E-state index contributed by atoms with van der Waals surface area (Å²) in [7, 11) is 0. The van der Waals surface area contributed by atoms with Gasteiger partial charge in [0.05, 0.1) is 29.8 Å². The highest BCUT2D eigenvalue weighted by atomic mass is 16.5. The highest BCUT2D eigenvalue weighted by Gasteiger charge is 2.80. The largest absolute Gasteiger partial charge is 0.465 e. The van der Waals surface area contributed by atoms with Crippen LogP contribution in [0.15, 0.2) is 12.2 Å². The highest BCUT2D eigenvalue weighted by molar-refractivity contribution is 6.05. The van der Waals surface area contributed by atoms with Gasteiger partial charge in [0.25, 0.3) is 0 Å². The Hall–Kier alpha value is -1.24. The van der Waals surface area contributed by atoms with Gasteiger partial charge in [0.1, 0.15) is 0 Å². The van der Waals surface area contributed by atoms with E-state index in [1.165, 1.54) is 6.92 Å². The Balaban J connectivity index is 1.97. The summed E-state index contributed by atoms with van der Waals surface area (Å²) in [6.07, 6.45) is 1.09. The monoisotopic (exact) mass is 406 g/mol. The lowest BCUT2D eigenvalue weighted by Crippen LogP contribution is -2.75. The number of esters is 1. The van der Waals surface area contributed by atoms with Crippen molar-refractivity contribution >= 4 is 11.8 Å². The number of hydrogen-bond acceptors (Lipinski definition) is 6. The van der Waals surface area contributed by atoms with Gasteiger partial charge in [-0.25, -0.2) is 0 Å². The van der Waals surface area contributed by atoms with Gasteiger partial charge in [-0.15, -0.1) is 0 Å². The zero-order chi connectivity index (χ0) is 21.6. The summed E-state index contributed by atoms with van der Waals surface area (Å²) in [5.41, 5.74) is -3.55. The van der Waals surface area contributed by atoms with E-state index in [0.717, 1.165) is 12.8 Å². The molecule has 0 aromatic carbocycles. The number of fused-ring (bicyclic) bond motifs is 3. The number of hydrogen-bond donors (Lipinski definition) is 3. The average molecular weight is 407 g/mol. The Bertz CT molecular complexity index is 769. The Morgan fingerprint density at radius 3 is 2.52 bits per heavy atom. The molecule has 0 aromatic heterocycles. The highest BCUT2D eigenvalue weighted by Crippen LogP contribution is 2.73. The lowest BCUT2D eigenvalue weighted by atomic mass is 9.36. The van der Waals surface area contributed by atoms with E-state index in [1.807, 2.05) is 0 Å². The molecule has 3 N–H and O–H groups in total. The van der Waals surface area contributed by atoms with Crippen LogP contribution in [0.25, 0.3) is 0 Å². The fourth-order valence-electron chi connectivity index (χ4n) is 8.02. The normalized spacial score (nSPS) is 50.7. The maximum absolute atomic E-state index is 13.6. The first kappa shape index (κ1) is 21.0. The zero-order valence-corrected chi connectivity index (χ0v) is 17.9. The lowest BCUT2D eigenvalue weighted by Gasteiger charge is -2.69. The second-order valence-corrected chi connectivity index (χ2v) is 10.9. The SMILES string of the molecule is C=C1C(=O)[C@]23[C@H](O)[C@H]1C[C@H](O)[C@H]2[C@]1(COC(C)=O)CCCC(C)(C)[C@H]1C[C@]3(C)O. The third-order valence-electron chi connectivity index (χ3n) is 9.09. The molecule has 0 aliphatic heterocycles. The van der Waals surface area contributed by atoms with E-state index in [0.29, 0.717) is 18.4 Å². The summed E-state index contributed by atoms with van der Waals surface area (Å²) < 4.78 is 5.55. The van der Waals surface area contributed by atoms with Gasteiger partial charge in [-0.3, -0.25) is 9.59 Å². The molecular formula is C23H34O6. The summed E-state index contributed by atoms with van der Waals surface area (Å²) in [5, 5.41) is 34.4. The summed E-state index contributed by atoms with van der Waals surface area (Å²) >= 11 is 0. The zero-order valence-electron chi connectivity index (χ0n) is 17.9. The summed E-state index contributed by atoms with van der Waals surface area (Å²) in [6, 6.07) is 0. The van der Waals surface area contributed by atoms with Gasteiger partial charge in [-0.1, -0.05) is 26.8 Å². The fourth-order valence-corrected chi connectivity index (χ4v) is 8.02. The van der Waals surface area contributed by atoms with Crippen molar-refractivity contribution in [1.29, 1.82) is 0 Å². The molecule has 0 unspecified atom stereocenters. The molecule has 2 bridgehead atoms. The maximum atomic E-state index is 13.6. The topological polar surface area (TPSA) is 104 Å². The minimum atomic E-state index is -1.52. The standard InChI is InChI=1S/C23H34O6/c1-12-14-9-15(25)17-22(11-29-13(2)24)8-6-7-20(3,4)16(22)10-21(5,28)23(17,18(12)26)19(14)27/h14-17,19,25,27-28H,1,6-11H2,2-5H3/t14-,15-,16+,17-,19+,21-,22-,23-/m0/s1. The molecule has 8 atom stereocenters. The van der Waals surface area contributed by atoms with E-state index >= 15 is 0 Å². The van der Waals surface area contributed by atoms with E-state index in [2.05, 4.69) is 20.4 Å². The van der Waals surface area contributed by atoms with Crippen LogP contribution < -0.4 is 0 Å². The molecule has 6 heteroatoms. The number of aliphatic hydroxyl groups is 3. The Labute approximate surface area is 172 Å². The van der Waals surface area contributed by atoms with E-state index < -0.39 is 46.4 Å². The second kappa shape index (κ2) is 6.14. The van der Waals surface area contributed by atoms with Crippen LogP contribution in [0.1, 0.15) is 59.8 Å². The van der Waals surface area contributed by atoms with Crippen LogP contribution in [0.2, 0.25) is 0 Å². The third kappa shape index (κ3) is 2.40. The van der Waals surface area contributed by atoms with Crippen molar-refractivity contribution in [2.75, 3.05) is 6.61 Å². The van der Waals surface area contributed by atoms with Gasteiger partial charge in [-0.2, -0.15) is 0 Å². The molecule has 4 fully saturated rings. The predicted octanol–water partition coefficient (Wildman–Crippen LogP) is 2.00. The molecular weight excluding hydrogens is 372 g/mol. The molecule has 0 saturated heterocycles. The number of carbonyl (C=O) groups is 2. The molecule has 4 aliphatic rings. The number of ether oxygens (including phenoxy) is 1. The number of Topliss-reactive ketones (excluding diaryl/α,β-unsaturated/α-hetero) is 1. The second-order valence-electron chi connectivity index (χ2n) is 10.9. The maximum Gasteiger partial charge on any atom is 0.302 e. The molecule has 1 spiro atoms. The predicted molar refractivity (Wildman–Crippen MR) is 106 cm³/mol. The fraction of sp³-hybridized carbons (Fsp3) is 0.826. The van der Waals surface area contributed by atoms with Crippen LogP contribution in [0.3, 0.4) is 0 Å². The minimum absolute atomic E-state index is 0.0613. The average Bonchev–Trinajstić information content (AvgIpc) is 2.72. The van der Waals surface area contributed by atoms with Crippen LogP contribution in [0.5, 0.6) is 0 Å². The first-order chi connectivity index (χ1) is 13.3. The summed E-state index contributed by atoms with van der Waals surface area (Å²) in [4.78, 5) is 25.4. The summed E-state index contributed by atoms with van der Waals surface area (Å²) in [6.45, 7) is 11.3. The molecule has 162 valence electrons. The lowest BCUT2D eigenvalue weighted by molar-refractivity contribution is -0.292. The van der Waals surface area contributed by atoms with E-state index in [-0.39, 0.29) is 30.1 Å². The van der Waals surface area contributed by atoms with Crippen molar-refractivity contribution in [2.24, 2.45) is 34.0 Å². The van der Waals surface area contributed by atoms with E-state index in [4.69, 9.17) is 4.74 Å². The van der Waals surface area contributed by atoms with E-state index in [9.17, 15) is 24.9 Å². The van der Waals surface area contributed by atoms with Crippen molar-refractivity contribution in [3.05, 3.63) is 12.2 Å². The van der Waals surface area contributed by atoms with Crippen molar-refractivity contribution in [3.63, 3.8) is 0 Å². The van der Waals surface area contributed by atoms with Crippen LogP contribution in [0, 0.1) is 34.0 Å². The van der Waals surface area contributed by atoms with Gasteiger partial charge in [0.2, 0.25) is 0 Å². The molecule has 0 heterocycles. The summed E-state index contributed by atoms with van der Waals surface area (Å²) in [5.74, 6) is -2.03. The first-order valence-corrected chi connectivity index (χ1v) is 10.8. The van der Waals surface area contributed by atoms with Gasteiger partial charge >= 0.3 is 5.97 Å². The van der Waals surface area contributed by atoms with Crippen LogP contribution >= 0.6 is 0 Å². The Morgan fingerprint density at radius 2 is 1.90 bits per heavy atom. The number of rotatable bonds is 2. The minimum Gasteiger partial charge on any atom is -0.465 e. The smallest absolute Gasteiger partial charge is 0.302 e. The molecule has 4 aliphatic carbocycles. The number of carbonyl (C=O) groups excluding carboxylic acids is 2. The Kier molecular flexibility index (Phi) is 4.45.